The van der Waals surface area contributed by atoms with Gasteiger partial charge in [-0.3, -0.25) is 0 Å². The second-order valence-electron chi connectivity index (χ2n) is 4.44. The average Bonchev–Trinajstić information content (AvgIpc) is 2.41. The molecular weight excluding hydrogens is 258 g/mol. The quantitative estimate of drug-likeness (QED) is 0.864. The molecule has 2 aromatic carbocycles. The number of nitrogens with one attached hydrogen (secondary N) is 1. The van der Waals surface area contributed by atoms with Crippen LogP contribution in [0.3, 0.4) is 0 Å². The van der Waals surface area contributed by atoms with Crippen molar-refractivity contribution in [3.63, 3.8) is 0 Å². The van der Waals surface area contributed by atoms with Gasteiger partial charge in [-0.1, -0.05) is 30.7 Å². The van der Waals surface area contributed by atoms with Gasteiger partial charge in [-0.05, 0) is 54.9 Å². The Bertz CT molecular complexity index is 537. The first-order chi connectivity index (χ1) is 9.19. The van der Waals surface area contributed by atoms with Crippen LogP contribution in [0.15, 0.2) is 42.5 Å². The Hall–Kier alpha value is -1.51. The molecule has 0 saturated heterocycles. The molecule has 2 nitrogen and oxygen atoms in total. The predicted molar refractivity (Wildman–Crippen MR) is 80.1 cm³/mol. The molecule has 0 aliphatic rings. The van der Waals surface area contributed by atoms with Crippen molar-refractivity contribution in [1.29, 1.82) is 0 Å². The number of rotatable bonds is 5. The van der Waals surface area contributed by atoms with Crippen LogP contribution in [-0.4, -0.2) is 6.54 Å². The fourth-order valence-electron chi connectivity index (χ4n) is 1.80. The van der Waals surface area contributed by atoms with E-state index in [0.717, 1.165) is 35.2 Å². The van der Waals surface area contributed by atoms with Crippen LogP contribution >= 0.6 is 11.6 Å². The highest BCUT2D eigenvalue weighted by Gasteiger charge is 2.02. The lowest BCUT2D eigenvalue weighted by atomic mass is 10.2. The molecule has 19 heavy (non-hydrogen) atoms. The van der Waals surface area contributed by atoms with E-state index in [4.69, 9.17) is 16.3 Å². The fraction of sp³-hybridized carbons (Fsp3) is 0.250. The second kappa shape index (κ2) is 6.60. The van der Waals surface area contributed by atoms with Crippen LogP contribution < -0.4 is 10.1 Å². The molecule has 0 saturated carbocycles. The molecule has 0 spiro atoms. The van der Waals surface area contributed by atoms with Gasteiger partial charge in [-0.15, -0.1) is 0 Å². The molecule has 0 aliphatic carbocycles. The normalized spacial score (nSPS) is 10.5. The van der Waals surface area contributed by atoms with Gasteiger partial charge in [-0.2, -0.15) is 0 Å². The van der Waals surface area contributed by atoms with E-state index in [9.17, 15) is 0 Å². The van der Waals surface area contributed by atoms with Crippen molar-refractivity contribution in [2.45, 2.75) is 20.4 Å². The van der Waals surface area contributed by atoms with Crippen molar-refractivity contribution < 1.29 is 4.74 Å². The van der Waals surface area contributed by atoms with Gasteiger partial charge in [0.05, 0.1) is 0 Å². The van der Waals surface area contributed by atoms with Crippen LogP contribution in [0.1, 0.15) is 18.1 Å². The highest BCUT2D eigenvalue weighted by molar-refractivity contribution is 6.30. The molecule has 0 aliphatic heterocycles. The summed E-state index contributed by atoms with van der Waals surface area (Å²) in [6.07, 6.45) is 0. The Balaban J connectivity index is 2.06. The predicted octanol–water partition coefficient (Wildman–Crippen LogP) is 4.55. The molecule has 2 rings (SSSR count). The maximum Gasteiger partial charge on any atom is 0.130 e. The molecular formula is C16H18ClNO. The van der Waals surface area contributed by atoms with Crippen LogP contribution in [-0.2, 0) is 6.54 Å². The molecule has 0 heterocycles. The Morgan fingerprint density at radius 3 is 2.47 bits per heavy atom. The number of hydrogen-bond acceptors (Lipinski definition) is 2. The standard InChI is InChI=1S/C16H18ClNO/c1-3-18-11-13-4-7-15(8-5-13)19-16-9-6-14(17)10-12(16)2/h4-10,18H,3,11H2,1-2H3. The van der Waals surface area contributed by atoms with E-state index in [2.05, 4.69) is 24.4 Å². The molecule has 0 radical (unpaired) electrons. The summed E-state index contributed by atoms with van der Waals surface area (Å²) in [5.41, 5.74) is 2.28. The van der Waals surface area contributed by atoms with E-state index >= 15 is 0 Å². The van der Waals surface area contributed by atoms with Gasteiger partial charge < -0.3 is 10.1 Å². The number of hydrogen-bond donors (Lipinski definition) is 1. The summed E-state index contributed by atoms with van der Waals surface area (Å²) in [6.45, 7) is 5.94. The van der Waals surface area contributed by atoms with Crippen LogP contribution in [0, 0.1) is 6.92 Å². The van der Waals surface area contributed by atoms with Gasteiger partial charge in [0.15, 0.2) is 0 Å². The molecule has 0 aromatic heterocycles. The highest BCUT2D eigenvalue weighted by Crippen LogP contribution is 2.27. The molecule has 0 fully saturated rings. The molecule has 1 N–H and O–H groups in total. The topological polar surface area (TPSA) is 21.3 Å². The zero-order valence-corrected chi connectivity index (χ0v) is 12.0. The third kappa shape index (κ3) is 3.98. The lowest BCUT2D eigenvalue weighted by Crippen LogP contribution is -2.11. The molecule has 0 unspecified atom stereocenters. The Labute approximate surface area is 119 Å². The molecule has 0 amide bonds. The third-order valence-corrected chi connectivity index (χ3v) is 3.10. The van der Waals surface area contributed by atoms with Gasteiger partial charge in [-0.25, -0.2) is 0 Å². The summed E-state index contributed by atoms with van der Waals surface area (Å²) in [5, 5.41) is 4.02. The average molecular weight is 276 g/mol. The smallest absolute Gasteiger partial charge is 0.130 e. The lowest BCUT2D eigenvalue weighted by Gasteiger charge is -2.09. The van der Waals surface area contributed by atoms with Crippen molar-refractivity contribution in [3.05, 3.63) is 58.6 Å². The van der Waals surface area contributed by atoms with Gasteiger partial charge in [0.25, 0.3) is 0 Å². The fourth-order valence-corrected chi connectivity index (χ4v) is 2.03. The van der Waals surface area contributed by atoms with Crippen molar-refractivity contribution in [3.8, 4) is 11.5 Å². The van der Waals surface area contributed by atoms with Crippen molar-refractivity contribution in [1.82, 2.24) is 5.32 Å². The van der Waals surface area contributed by atoms with Crippen molar-refractivity contribution in [2.24, 2.45) is 0 Å². The Morgan fingerprint density at radius 1 is 1.11 bits per heavy atom. The van der Waals surface area contributed by atoms with E-state index in [1.807, 2.05) is 37.3 Å². The van der Waals surface area contributed by atoms with E-state index in [1.165, 1.54) is 5.56 Å². The lowest BCUT2D eigenvalue weighted by molar-refractivity contribution is 0.478. The summed E-state index contributed by atoms with van der Waals surface area (Å²) in [5.74, 6) is 1.68. The first-order valence-corrected chi connectivity index (χ1v) is 6.80. The molecule has 2 aromatic rings. The van der Waals surface area contributed by atoms with Gasteiger partial charge in [0.2, 0.25) is 0 Å². The summed E-state index contributed by atoms with van der Waals surface area (Å²) in [4.78, 5) is 0. The summed E-state index contributed by atoms with van der Waals surface area (Å²) in [6, 6.07) is 13.7. The first kappa shape index (κ1) is 13.9. The van der Waals surface area contributed by atoms with E-state index < -0.39 is 0 Å². The zero-order valence-electron chi connectivity index (χ0n) is 11.2. The first-order valence-electron chi connectivity index (χ1n) is 6.42. The number of benzene rings is 2. The summed E-state index contributed by atoms with van der Waals surface area (Å²) >= 11 is 5.93. The summed E-state index contributed by atoms with van der Waals surface area (Å²) in [7, 11) is 0. The van der Waals surface area contributed by atoms with E-state index in [-0.39, 0.29) is 0 Å². The Morgan fingerprint density at radius 2 is 1.84 bits per heavy atom. The summed E-state index contributed by atoms with van der Waals surface area (Å²) < 4.78 is 5.84. The molecule has 0 bridgehead atoms. The minimum Gasteiger partial charge on any atom is -0.457 e. The van der Waals surface area contributed by atoms with Crippen LogP contribution in [0.5, 0.6) is 11.5 Å². The van der Waals surface area contributed by atoms with Crippen LogP contribution in [0.2, 0.25) is 5.02 Å². The second-order valence-corrected chi connectivity index (χ2v) is 4.87. The number of halogens is 1. The van der Waals surface area contributed by atoms with Gasteiger partial charge in [0, 0.05) is 11.6 Å². The minimum absolute atomic E-state index is 0.728. The zero-order chi connectivity index (χ0) is 13.7. The highest BCUT2D eigenvalue weighted by atomic mass is 35.5. The van der Waals surface area contributed by atoms with Crippen molar-refractivity contribution in [2.75, 3.05) is 6.54 Å². The number of ether oxygens (including phenoxy) is 1. The monoisotopic (exact) mass is 275 g/mol. The third-order valence-electron chi connectivity index (χ3n) is 2.87. The minimum atomic E-state index is 0.728. The molecule has 0 atom stereocenters. The SMILES string of the molecule is CCNCc1ccc(Oc2ccc(Cl)cc2C)cc1. The Kier molecular flexibility index (Phi) is 4.83. The van der Waals surface area contributed by atoms with Crippen LogP contribution in [0.25, 0.3) is 0 Å². The van der Waals surface area contributed by atoms with E-state index in [0.29, 0.717) is 0 Å². The maximum absolute atomic E-state index is 5.93. The van der Waals surface area contributed by atoms with E-state index in [1.54, 1.807) is 0 Å². The largest absolute Gasteiger partial charge is 0.457 e. The maximum atomic E-state index is 5.93. The van der Waals surface area contributed by atoms with Crippen LogP contribution in [0.4, 0.5) is 0 Å². The van der Waals surface area contributed by atoms with Crippen molar-refractivity contribution >= 4 is 11.6 Å². The van der Waals surface area contributed by atoms with Gasteiger partial charge >= 0.3 is 0 Å². The number of aryl methyl sites for hydroxylation is 1. The molecule has 100 valence electrons. The molecule has 3 heteroatoms. The van der Waals surface area contributed by atoms with Gasteiger partial charge in [0.1, 0.15) is 11.5 Å².